The molecule has 0 saturated carbocycles. The zero-order valence-corrected chi connectivity index (χ0v) is 9.54. The maximum absolute atomic E-state index is 5.30. The number of hydrogen-bond donors (Lipinski definition) is 0. The fourth-order valence-electron chi connectivity index (χ4n) is 2.04. The molecule has 2 aromatic heterocycles. The predicted octanol–water partition coefficient (Wildman–Crippen LogP) is 2.12. The first-order valence-corrected chi connectivity index (χ1v) is 5.92. The highest BCUT2D eigenvalue weighted by Crippen LogP contribution is 2.21. The van der Waals surface area contributed by atoms with Crippen LogP contribution in [0.1, 0.15) is 19.3 Å². The molecule has 0 aliphatic carbocycles. The summed E-state index contributed by atoms with van der Waals surface area (Å²) in [6.07, 6.45) is 7.16. The fraction of sp³-hybridized carbons (Fsp3) is 0.417. The molecule has 1 fully saturated rings. The van der Waals surface area contributed by atoms with Gasteiger partial charge in [-0.05, 0) is 31.4 Å². The van der Waals surface area contributed by atoms with Crippen LogP contribution in [0, 0.1) is 0 Å². The van der Waals surface area contributed by atoms with Gasteiger partial charge in [-0.3, -0.25) is 4.98 Å². The van der Waals surface area contributed by atoms with Gasteiger partial charge in [-0.15, -0.1) is 0 Å². The fourth-order valence-corrected chi connectivity index (χ4v) is 2.04. The molecule has 1 saturated heterocycles. The van der Waals surface area contributed by atoms with Crippen LogP contribution in [0.25, 0.3) is 11.4 Å². The molecule has 0 aromatic carbocycles. The molecule has 5 heteroatoms. The van der Waals surface area contributed by atoms with Gasteiger partial charge >= 0.3 is 6.01 Å². The van der Waals surface area contributed by atoms with E-state index in [1.807, 2.05) is 12.1 Å². The number of rotatable bonds is 2. The molecule has 1 aliphatic heterocycles. The van der Waals surface area contributed by atoms with Crippen LogP contribution in [0.5, 0.6) is 0 Å². The van der Waals surface area contributed by atoms with E-state index in [-0.39, 0.29) is 0 Å². The third-order valence-corrected chi connectivity index (χ3v) is 2.96. The van der Waals surface area contributed by atoms with Crippen LogP contribution in [0.3, 0.4) is 0 Å². The average Bonchev–Trinajstić information content (AvgIpc) is 2.90. The van der Waals surface area contributed by atoms with Gasteiger partial charge in [0.15, 0.2) is 0 Å². The van der Waals surface area contributed by atoms with Gasteiger partial charge in [-0.2, -0.15) is 4.98 Å². The van der Waals surface area contributed by atoms with E-state index in [4.69, 9.17) is 4.52 Å². The lowest BCUT2D eigenvalue weighted by Crippen LogP contribution is -2.29. The van der Waals surface area contributed by atoms with Crippen molar-refractivity contribution in [2.24, 2.45) is 0 Å². The second-order valence-corrected chi connectivity index (χ2v) is 4.19. The minimum absolute atomic E-state index is 0.610. The van der Waals surface area contributed by atoms with Crippen molar-refractivity contribution in [1.82, 2.24) is 15.1 Å². The van der Waals surface area contributed by atoms with Gasteiger partial charge in [-0.1, -0.05) is 5.16 Å². The normalized spacial score (nSPS) is 16.1. The minimum atomic E-state index is 0.610. The number of nitrogens with zero attached hydrogens (tertiary/aromatic N) is 4. The molecule has 1 aliphatic rings. The molecule has 0 bridgehead atoms. The van der Waals surface area contributed by atoms with Gasteiger partial charge in [0.1, 0.15) is 0 Å². The number of piperidine rings is 1. The van der Waals surface area contributed by atoms with Crippen LogP contribution in [-0.2, 0) is 0 Å². The summed E-state index contributed by atoms with van der Waals surface area (Å²) in [7, 11) is 0. The first-order valence-electron chi connectivity index (χ1n) is 5.92. The zero-order chi connectivity index (χ0) is 11.5. The SMILES string of the molecule is c1cncc(-c2noc(N3CCCCC3)n2)c1. The van der Waals surface area contributed by atoms with Crippen LogP contribution in [0.4, 0.5) is 6.01 Å². The summed E-state index contributed by atoms with van der Waals surface area (Å²) in [4.78, 5) is 10.6. The highest BCUT2D eigenvalue weighted by atomic mass is 16.5. The van der Waals surface area contributed by atoms with E-state index in [1.54, 1.807) is 12.4 Å². The molecule has 0 N–H and O–H groups in total. The van der Waals surface area contributed by atoms with Crippen LogP contribution in [-0.4, -0.2) is 28.2 Å². The monoisotopic (exact) mass is 230 g/mol. The number of aromatic nitrogens is 3. The quantitative estimate of drug-likeness (QED) is 0.791. The van der Waals surface area contributed by atoms with Gasteiger partial charge in [0.25, 0.3) is 0 Å². The lowest BCUT2D eigenvalue weighted by Gasteiger charge is -2.23. The van der Waals surface area contributed by atoms with Crippen LogP contribution in [0.2, 0.25) is 0 Å². The topological polar surface area (TPSA) is 55.1 Å². The molecular weight excluding hydrogens is 216 g/mol. The van der Waals surface area contributed by atoms with E-state index in [9.17, 15) is 0 Å². The van der Waals surface area contributed by atoms with Crippen molar-refractivity contribution in [2.75, 3.05) is 18.0 Å². The molecule has 3 rings (SSSR count). The van der Waals surface area contributed by atoms with E-state index in [2.05, 4.69) is 20.0 Å². The highest BCUT2D eigenvalue weighted by molar-refractivity contribution is 5.53. The van der Waals surface area contributed by atoms with E-state index in [1.165, 1.54) is 19.3 Å². The maximum Gasteiger partial charge on any atom is 0.324 e. The van der Waals surface area contributed by atoms with Crippen molar-refractivity contribution in [2.45, 2.75) is 19.3 Å². The Balaban J connectivity index is 1.83. The lowest BCUT2D eigenvalue weighted by molar-refractivity contribution is 0.403. The zero-order valence-electron chi connectivity index (χ0n) is 9.54. The van der Waals surface area contributed by atoms with Crippen LogP contribution in [0.15, 0.2) is 29.0 Å². The largest absolute Gasteiger partial charge is 0.324 e. The van der Waals surface area contributed by atoms with Crippen molar-refractivity contribution in [1.29, 1.82) is 0 Å². The molecule has 0 spiro atoms. The predicted molar refractivity (Wildman–Crippen MR) is 63.6 cm³/mol. The molecule has 5 nitrogen and oxygen atoms in total. The molecular formula is C12H14N4O. The number of anilines is 1. The molecule has 17 heavy (non-hydrogen) atoms. The molecule has 2 aromatic rings. The minimum Gasteiger partial charge on any atom is -0.324 e. The number of hydrogen-bond acceptors (Lipinski definition) is 5. The summed E-state index contributed by atoms with van der Waals surface area (Å²) >= 11 is 0. The van der Waals surface area contributed by atoms with E-state index in [0.717, 1.165) is 18.7 Å². The first kappa shape index (κ1) is 10.3. The molecule has 0 atom stereocenters. The second kappa shape index (κ2) is 4.53. The Morgan fingerprint density at radius 3 is 2.82 bits per heavy atom. The first-order chi connectivity index (χ1) is 8.43. The number of pyridine rings is 1. The third-order valence-electron chi connectivity index (χ3n) is 2.96. The highest BCUT2D eigenvalue weighted by Gasteiger charge is 2.17. The van der Waals surface area contributed by atoms with Gasteiger partial charge in [-0.25, -0.2) is 0 Å². The summed E-state index contributed by atoms with van der Waals surface area (Å²) < 4.78 is 5.30. The molecule has 0 amide bonds. The lowest BCUT2D eigenvalue weighted by atomic mass is 10.1. The summed E-state index contributed by atoms with van der Waals surface area (Å²) in [6, 6.07) is 4.42. The van der Waals surface area contributed by atoms with Crippen LogP contribution < -0.4 is 4.90 Å². The van der Waals surface area contributed by atoms with E-state index < -0.39 is 0 Å². The summed E-state index contributed by atoms with van der Waals surface area (Å²) in [5, 5.41) is 3.99. The average molecular weight is 230 g/mol. The summed E-state index contributed by atoms with van der Waals surface area (Å²) in [5.41, 5.74) is 0.888. The van der Waals surface area contributed by atoms with Crippen molar-refractivity contribution < 1.29 is 4.52 Å². The smallest absolute Gasteiger partial charge is 0.324 e. The van der Waals surface area contributed by atoms with Crippen LogP contribution >= 0.6 is 0 Å². The van der Waals surface area contributed by atoms with Crippen molar-refractivity contribution in [3.05, 3.63) is 24.5 Å². The Morgan fingerprint density at radius 1 is 1.18 bits per heavy atom. The van der Waals surface area contributed by atoms with E-state index in [0.29, 0.717) is 11.8 Å². The summed E-state index contributed by atoms with van der Waals surface area (Å²) in [6.45, 7) is 2.02. The van der Waals surface area contributed by atoms with Crippen molar-refractivity contribution in [3.8, 4) is 11.4 Å². The van der Waals surface area contributed by atoms with Gasteiger partial charge < -0.3 is 9.42 Å². The Hall–Kier alpha value is -1.91. The standard InChI is InChI=1S/C12H14N4O/c1-2-7-16(8-3-1)12-14-11(15-17-12)10-5-4-6-13-9-10/h4-6,9H,1-3,7-8H2. The Morgan fingerprint density at radius 2 is 2.06 bits per heavy atom. The van der Waals surface area contributed by atoms with Crippen molar-refractivity contribution >= 4 is 6.01 Å². The van der Waals surface area contributed by atoms with Gasteiger partial charge in [0.2, 0.25) is 5.82 Å². The summed E-state index contributed by atoms with van der Waals surface area (Å²) in [5.74, 6) is 0.610. The second-order valence-electron chi connectivity index (χ2n) is 4.19. The molecule has 3 heterocycles. The van der Waals surface area contributed by atoms with Gasteiger partial charge in [0.05, 0.1) is 0 Å². The van der Waals surface area contributed by atoms with Crippen molar-refractivity contribution in [3.63, 3.8) is 0 Å². The molecule has 88 valence electrons. The Bertz CT molecular complexity index is 476. The third kappa shape index (κ3) is 2.13. The molecule has 0 unspecified atom stereocenters. The molecule has 0 radical (unpaired) electrons. The van der Waals surface area contributed by atoms with E-state index >= 15 is 0 Å². The van der Waals surface area contributed by atoms with Gasteiger partial charge in [0, 0.05) is 31.0 Å². The maximum atomic E-state index is 5.30. The Kier molecular flexibility index (Phi) is 2.73. The Labute approximate surface area is 99.5 Å².